The number of rotatable bonds is 4. The molecule has 6 nitrogen and oxygen atoms in total. The highest BCUT2D eigenvalue weighted by Gasteiger charge is 2.07. The van der Waals surface area contributed by atoms with Gasteiger partial charge in [0.25, 0.3) is 0 Å². The number of carboxylic acid groups (broad SMARTS) is 1. The first-order valence-corrected chi connectivity index (χ1v) is 6.09. The van der Waals surface area contributed by atoms with Crippen LogP contribution in [0.3, 0.4) is 0 Å². The van der Waals surface area contributed by atoms with Crippen molar-refractivity contribution in [2.45, 2.75) is 6.92 Å². The molecule has 0 bridgehead atoms. The summed E-state index contributed by atoms with van der Waals surface area (Å²) in [7, 11) is 0. The van der Waals surface area contributed by atoms with Gasteiger partial charge in [0.2, 0.25) is 0 Å². The lowest BCUT2D eigenvalue weighted by atomic mass is 10.2. The fraction of sp³-hybridized carbons (Fsp3) is 0.0667. The zero-order chi connectivity index (χ0) is 15.2. The molecule has 0 fully saturated rings. The number of carbonyl (C=O) groups is 2. The predicted octanol–water partition coefficient (Wildman–Crippen LogP) is 3.73. The monoisotopic (exact) mass is 284 g/mol. The van der Waals surface area contributed by atoms with Crippen molar-refractivity contribution in [3.05, 3.63) is 54.1 Å². The van der Waals surface area contributed by atoms with E-state index in [1.54, 1.807) is 42.5 Å². The van der Waals surface area contributed by atoms with Crippen molar-refractivity contribution in [2.75, 3.05) is 0 Å². The molecule has 0 saturated heterocycles. The molecule has 0 aliphatic rings. The Hall–Kier alpha value is -3.02. The third kappa shape index (κ3) is 3.97. The number of carbonyl (C=O) groups excluding carboxylic acids is 1. The van der Waals surface area contributed by atoms with Gasteiger partial charge in [-0.3, -0.25) is 4.79 Å². The van der Waals surface area contributed by atoms with Crippen molar-refractivity contribution in [1.29, 1.82) is 0 Å². The van der Waals surface area contributed by atoms with Crippen molar-refractivity contribution in [3.63, 3.8) is 0 Å². The summed E-state index contributed by atoms with van der Waals surface area (Å²) in [5.74, 6) is -1.05. The van der Waals surface area contributed by atoms with Crippen LogP contribution in [0.1, 0.15) is 17.3 Å². The molecule has 0 unspecified atom stereocenters. The number of esters is 1. The second-order valence-electron chi connectivity index (χ2n) is 4.11. The molecule has 21 heavy (non-hydrogen) atoms. The van der Waals surface area contributed by atoms with Crippen molar-refractivity contribution in [2.24, 2.45) is 10.2 Å². The Morgan fingerprint density at radius 3 is 2.29 bits per heavy atom. The van der Waals surface area contributed by atoms with E-state index in [0.717, 1.165) is 0 Å². The largest absolute Gasteiger partial charge is 0.478 e. The molecule has 0 radical (unpaired) electrons. The average molecular weight is 284 g/mol. The van der Waals surface area contributed by atoms with E-state index in [0.29, 0.717) is 11.4 Å². The normalized spacial score (nSPS) is 10.5. The first kappa shape index (κ1) is 14.4. The molecular formula is C15H12N2O4. The molecule has 0 aliphatic heterocycles. The Morgan fingerprint density at radius 2 is 1.67 bits per heavy atom. The maximum atomic E-state index is 11.0. The Kier molecular flexibility index (Phi) is 4.40. The Labute approximate surface area is 120 Å². The minimum absolute atomic E-state index is 0.0813. The van der Waals surface area contributed by atoms with E-state index in [9.17, 15) is 9.59 Å². The van der Waals surface area contributed by atoms with Gasteiger partial charge in [-0.15, -0.1) is 5.11 Å². The zero-order valence-electron chi connectivity index (χ0n) is 11.2. The number of nitrogens with zero attached hydrogens (tertiary/aromatic N) is 2. The van der Waals surface area contributed by atoms with Crippen LogP contribution in [0.15, 0.2) is 58.8 Å². The summed E-state index contributed by atoms with van der Waals surface area (Å²) in [6.45, 7) is 1.32. The minimum Gasteiger partial charge on any atom is -0.478 e. The highest BCUT2D eigenvalue weighted by atomic mass is 16.5. The quantitative estimate of drug-likeness (QED) is 0.526. The standard InChI is InChI=1S/C15H12N2O4/c1-10(18)21-12-8-6-11(7-9-12)16-17-14-5-3-2-4-13(14)15(19)20/h2-9H,1H3,(H,19,20)/b17-16+. The van der Waals surface area contributed by atoms with Crippen LogP contribution < -0.4 is 4.74 Å². The Morgan fingerprint density at radius 1 is 1.00 bits per heavy atom. The van der Waals surface area contributed by atoms with Gasteiger partial charge < -0.3 is 9.84 Å². The van der Waals surface area contributed by atoms with Gasteiger partial charge in [0.05, 0.1) is 11.3 Å². The topological polar surface area (TPSA) is 88.3 Å². The lowest BCUT2D eigenvalue weighted by Crippen LogP contribution is -2.00. The lowest BCUT2D eigenvalue weighted by Gasteiger charge is -2.01. The van der Waals surface area contributed by atoms with Gasteiger partial charge in [0.15, 0.2) is 0 Å². The fourth-order valence-corrected chi connectivity index (χ4v) is 1.60. The van der Waals surface area contributed by atoms with Gasteiger partial charge >= 0.3 is 11.9 Å². The van der Waals surface area contributed by atoms with E-state index in [4.69, 9.17) is 9.84 Å². The molecule has 0 spiro atoms. The van der Waals surface area contributed by atoms with Crippen LogP contribution in [0.25, 0.3) is 0 Å². The summed E-state index contributed by atoms with van der Waals surface area (Å²) in [5, 5.41) is 16.9. The summed E-state index contributed by atoms with van der Waals surface area (Å²) in [6, 6.07) is 12.7. The highest BCUT2D eigenvalue weighted by Crippen LogP contribution is 2.23. The third-order valence-electron chi connectivity index (χ3n) is 2.51. The molecule has 2 rings (SSSR count). The van der Waals surface area contributed by atoms with Crippen molar-refractivity contribution in [3.8, 4) is 5.75 Å². The second kappa shape index (κ2) is 6.42. The molecule has 0 amide bonds. The number of aromatic carboxylic acids is 1. The van der Waals surface area contributed by atoms with E-state index >= 15 is 0 Å². The highest BCUT2D eigenvalue weighted by molar-refractivity contribution is 5.93. The molecule has 106 valence electrons. The Balaban J connectivity index is 2.18. The second-order valence-corrected chi connectivity index (χ2v) is 4.11. The summed E-state index contributed by atoms with van der Waals surface area (Å²) < 4.78 is 4.89. The van der Waals surface area contributed by atoms with E-state index in [1.165, 1.54) is 13.0 Å². The van der Waals surface area contributed by atoms with Crippen LogP contribution in [0.2, 0.25) is 0 Å². The summed E-state index contributed by atoms with van der Waals surface area (Å²) in [5.41, 5.74) is 0.873. The molecule has 0 aromatic heterocycles. The van der Waals surface area contributed by atoms with Gasteiger partial charge in [0, 0.05) is 6.92 Å². The van der Waals surface area contributed by atoms with Gasteiger partial charge in [-0.2, -0.15) is 5.11 Å². The summed E-state index contributed by atoms with van der Waals surface area (Å²) >= 11 is 0. The number of azo groups is 1. The molecule has 1 N–H and O–H groups in total. The van der Waals surface area contributed by atoms with E-state index in [1.807, 2.05) is 0 Å². The fourth-order valence-electron chi connectivity index (χ4n) is 1.60. The molecule has 0 heterocycles. The Bertz CT molecular complexity index is 693. The third-order valence-corrected chi connectivity index (χ3v) is 2.51. The van der Waals surface area contributed by atoms with Gasteiger partial charge in [-0.05, 0) is 36.4 Å². The van der Waals surface area contributed by atoms with Crippen LogP contribution in [0.4, 0.5) is 11.4 Å². The van der Waals surface area contributed by atoms with Crippen molar-refractivity contribution in [1.82, 2.24) is 0 Å². The number of ether oxygens (including phenoxy) is 1. The van der Waals surface area contributed by atoms with Gasteiger partial charge in [-0.25, -0.2) is 4.79 Å². The first-order valence-electron chi connectivity index (χ1n) is 6.09. The number of hydrogen-bond donors (Lipinski definition) is 1. The zero-order valence-corrected chi connectivity index (χ0v) is 11.2. The van der Waals surface area contributed by atoms with E-state index in [-0.39, 0.29) is 11.3 Å². The lowest BCUT2D eigenvalue weighted by molar-refractivity contribution is -0.131. The van der Waals surface area contributed by atoms with E-state index in [2.05, 4.69) is 10.2 Å². The first-order chi connectivity index (χ1) is 10.1. The minimum atomic E-state index is -1.06. The molecule has 2 aromatic carbocycles. The molecule has 6 heteroatoms. The van der Waals surface area contributed by atoms with E-state index < -0.39 is 11.9 Å². The van der Waals surface area contributed by atoms with Crippen molar-refractivity contribution < 1.29 is 19.4 Å². The molecule has 0 atom stereocenters. The van der Waals surface area contributed by atoms with Crippen LogP contribution >= 0.6 is 0 Å². The summed E-state index contributed by atoms with van der Waals surface area (Å²) in [4.78, 5) is 21.8. The maximum absolute atomic E-state index is 11.0. The molecule has 0 aliphatic carbocycles. The number of benzene rings is 2. The average Bonchev–Trinajstić information content (AvgIpc) is 2.46. The molecule has 2 aromatic rings. The number of hydrogen-bond acceptors (Lipinski definition) is 5. The molecule has 0 saturated carbocycles. The predicted molar refractivity (Wildman–Crippen MR) is 75.3 cm³/mol. The van der Waals surface area contributed by atoms with Gasteiger partial charge in [0.1, 0.15) is 11.4 Å². The smallest absolute Gasteiger partial charge is 0.337 e. The van der Waals surface area contributed by atoms with Gasteiger partial charge in [-0.1, -0.05) is 12.1 Å². The van der Waals surface area contributed by atoms with Crippen LogP contribution in [-0.2, 0) is 4.79 Å². The number of carboxylic acids is 1. The van der Waals surface area contributed by atoms with Crippen LogP contribution in [0.5, 0.6) is 5.75 Å². The van der Waals surface area contributed by atoms with Crippen LogP contribution in [0, 0.1) is 0 Å². The maximum Gasteiger partial charge on any atom is 0.337 e. The van der Waals surface area contributed by atoms with Crippen LogP contribution in [-0.4, -0.2) is 17.0 Å². The SMILES string of the molecule is CC(=O)Oc1ccc(/N=N/c2ccccc2C(=O)O)cc1. The molecular weight excluding hydrogens is 272 g/mol. The summed E-state index contributed by atoms with van der Waals surface area (Å²) in [6.07, 6.45) is 0. The van der Waals surface area contributed by atoms with Crippen molar-refractivity contribution >= 4 is 23.3 Å².